The lowest BCUT2D eigenvalue weighted by molar-refractivity contribution is -0.122. The predicted octanol–water partition coefficient (Wildman–Crippen LogP) is 5.21. The number of hydrogen-bond donors (Lipinski definition) is 0. The Morgan fingerprint density at radius 3 is 1.74 bits per heavy atom. The number of carbonyl (C=O) groups excluding carboxylic acids is 2. The zero-order valence-corrected chi connectivity index (χ0v) is 17.9. The lowest BCUT2D eigenvalue weighted by atomic mass is 9.81. The van der Waals surface area contributed by atoms with Crippen LogP contribution >= 0.6 is 31.9 Å². The van der Waals surface area contributed by atoms with Crippen LogP contribution in [-0.4, -0.2) is 21.5 Å². The van der Waals surface area contributed by atoms with Gasteiger partial charge in [0, 0.05) is 9.65 Å². The Morgan fingerprint density at radius 1 is 0.815 bits per heavy atom. The van der Waals surface area contributed by atoms with Crippen LogP contribution in [0, 0.1) is 18.8 Å². The van der Waals surface area contributed by atoms with Gasteiger partial charge in [-0.1, -0.05) is 49.6 Å². The molecule has 2 fully saturated rings. The summed E-state index contributed by atoms with van der Waals surface area (Å²) in [6, 6.07) is 14.9. The molecule has 2 amide bonds. The second-order valence-electron chi connectivity index (χ2n) is 7.14. The van der Waals surface area contributed by atoms with Crippen LogP contribution in [0.15, 0.2) is 48.5 Å². The van der Waals surface area contributed by atoms with Crippen molar-refractivity contribution in [2.75, 3.05) is 4.90 Å². The molecule has 4 atom stereocenters. The average molecular weight is 493 g/mol. The van der Waals surface area contributed by atoms with Gasteiger partial charge in [0.05, 0.1) is 17.5 Å². The van der Waals surface area contributed by atoms with Gasteiger partial charge in [-0.25, -0.2) is 0 Å². The molecule has 4 unspecified atom stereocenters. The second kappa shape index (κ2) is 7.40. The van der Waals surface area contributed by atoms with Gasteiger partial charge in [0.15, 0.2) is 0 Å². The maximum atomic E-state index is 12.8. The largest absolute Gasteiger partial charge is 0.457 e. The molecule has 0 aromatic heterocycles. The molecule has 1 heterocycles. The number of nitrogens with zero attached hydrogens (tertiary/aromatic N) is 1. The molecule has 6 heteroatoms. The highest BCUT2D eigenvalue weighted by atomic mass is 79.9. The maximum Gasteiger partial charge on any atom is 0.237 e. The highest BCUT2D eigenvalue weighted by Crippen LogP contribution is 2.44. The topological polar surface area (TPSA) is 46.6 Å². The zero-order valence-electron chi connectivity index (χ0n) is 14.8. The van der Waals surface area contributed by atoms with Crippen molar-refractivity contribution in [2.45, 2.75) is 29.4 Å². The Morgan fingerprint density at radius 2 is 1.26 bits per heavy atom. The number of carbonyl (C=O) groups is 2. The summed E-state index contributed by atoms with van der Waals surface area (Å²) in [5.41, 5.74) is 1.77. The van der Waals surface area contributed by atoms with Gasteiger partial charge in [0.2, 0.25) is 11.8 Å². The van der Waals surface area contributed by atoms with Crippen molar-refractivity contribution >= 4 is 49.4 Å². The van der Waals surface area contributed by atoms with Gasteiger partial charge < -0.3 is 4.74 Å². The first-order valence-electron chi connectivity index (χ1n) is 8.94. The first kappa shape index (κ1) is 18.7. The summed E-state index contributed by atoms with van der Waals surface area (Å²) in [5, 5.41) is 0. The molecular formula is C21H19Br2NO3. The van der Waals surface area contributed by atoms with Crippen LogP contribution in [0.4, 0.5) is 5.69 Å². The van der Waals surface area contributed by atoms with Gasteiger partial charge in [-0.2, -0.15) is 0 Å². The van der Waals surface area contributed by atoms with E-state index in [0.29, 0.717) is 24.3 Å². The van der Waals surface area contributed by atoms with Gasteiger partial charge in [-0.3, -0.25) is 14.5 Å². The van der Waals surface area contributed by atoms with Crippen LogP contribution in [0.5, 0.6) is 11.5 Å². The van der Waals surface area contributed by atoms with Crippen molar-refractivity contribution in [3.05, 3.63) is 54.1 Å². The summed E-state index contributed by atoms with van der Waals surface area (Å²) in [7, 11) is 0. The van der Waals surface area contributed by atoms with E-state index in [0.717, 1.165) is 5.75 Å². The smallest absolute Gasteiger partial charge is 0.237 e. The fraction of sp³-hybridized carbons (Fsp3) is 0.333. The number of imide groups is 1. The number of ether oxygens (including phenoxy) is 1. The van der Waals surface area contributed by atoms with Crippen molar-refractivity contribution in [3.63, 3.8) is 0 Å². The van der Waals surface area contributed by atoms with Gasteiger partial charge in [-0.15, -0.1) is 0 Å². The summed E-state index contributed by atoms with van der Waals surface area (Å²) in [5.74, 6) is 0.750. The molecule has 1 aliphatic heterocycles. The summed E-state index contributed by atoms with van der Waals surface area (Å²) in [4.78, 5) is 27.5. The van der Waals surface area contributed by atoms with Gasteiger partial charge in [-0.05, 0) is 56.2 Å². The highest BCUT2D eigenvalue weighted by molar-refractivity contribution is 9.12. The molecular weight excluding hydrogens is 474 g/mol. The molecule has 1 saturated carbocycles. The second-order valence-corrected chi connectivity index (χ2v) is 9.49. The zero-order chi connectivity index (χ0) is 19.1. The van der Waals surface area contributed by atoms with Crippen molar-refractivity contribution in [1.82, 2.24) is 0 Å². The van der Waals surface area contributed by atoms with Crippen molar-refractivity contribution in [2.24, 2.45) is 11.8 Å². The number of amides is 2. The molecule has 0 spiro atoms. The molecule has 1 saturated heterocycles. The third-order valence-corrected chi connectivity index (χ3v) is 8.00. The van der Waals surface area contributed by atoms with Crippen molar-refractivity contribution in [1.29, 1.82) is 0 Å². The first-order valence-corrected chi connectivity index (χ1v) is 10.8. The highest BCUT2D eigenvalue weighted by Gasteiger charge is 2.52. The number of benzene rings is 2. The van der Waals surface area contributed by atoms with Crippen molar-refractivity contribution < 1.29 is 14.3 Å². The standard InChI is InChI=1S/C21H19Br2NO3/c1-12-2-6-14(7-3-12)27-15-8-4-13(5-9-15)24-20(25)16-10-18(22)19(23)11-17(16)21(24)26/h2-9,16-19H,10-11H2,1H3. The first-order chi connectivity index (χ1) is 12.9. The summed E-state index contributed by atoms with van der Waals surface area (Å²) < 4.78 is 5.83. The van der Waals surface area contributed by atoms with Gasteiger partial charge >= 0.3 is 0 Å². The molecule has 2 aliphatic rings. The minimum Gasteiger partial charge on any atom is -0.457 e. The average Bonchev–Trinajstić information content (AvgIpc) is 2.89. The summed E-state index contributed by atoms with van der Waals surface area (Å²) in [6.45, 7) is 2.02. The number of rotatable bonds is 3. The van der Waals surface area contributed by atoms with E-state index < -0.39 is 0 Å². The van der Waals surface area contributed by atoms with E-state index in [1.165, 1.54) is 10.5 Å². The normalized spacial score (nSPS) is 27.6. The third kappa shape index (κ3) is 3.57. The van der Waals surface area contributed by atoms with Crippen LogP contribution < -0.4 is 9.64 Å². The SMILES string of the molecule is Cc1ccc(Oc2ccc(N3C(=O)C4CC(Br)C(Br)CC4C3=O)cc2)cc1. The van der Waals surface area contributed by atoms with Crippen LogP contribution in [0.3, 0.4) is 0 Å². The van der Waals surface area contributed by atoms with E-state index in [2.05, 4.69) is 31.9 Å². The Bertz CT molecular complexity index is 838. The minimum absolute atomic E-state index is 0.0962. The van der Waals surface area contributed by atoms with Gasteiger partial charge in [0.1, 0.15) is 11.5 Å². The molecule has 140 valence electrons. The van der Waals surface area contributed by atoms with E-state index in [9.17, 15) is 9.59 Å². The van der Waals surface area contributed by atoms with E-state index in [1.54, 1.807) is 24.3 Å². The fourth-order valence-corrected chi connectivity index (χ4v) is 4.99. The van der Waals surface area contributed by atoms with Crippen LogP contribution in [0.2, 0.25) is 0 Å². The molecule has 0 radical (unpaired) electrons. The monoisotopic (exact) mass is 491 g/mol. The fourth-order valence-electron chi connectivity index (χ4n) is 3.76. The summed E-state index contributed by atoms with van der Waals surface area (Å²) in [6.07, 6.45) is 1.35. The molecule has 4 rings (SSSR count). The number of hydrogen-bond acceptors (Lipinski definition) is 3. The molecule has 27 heavy (non-hydrogen) atoms. The number of alkyl halides is 2. The van der Waals surface area contributed by atoms with E-state index in [1.807, 2.05) is 31.2 Å². The Labute approximate surface area is 175 Å². The minimum atomic E-state index is -0.237. The third-order valence-electron chi connectivity index (χ3n) is 5.26. The van der Waals surface area contributed by atoms with E-state index in [4.69, 9.17) is 4.74 Å². The van der Waals surface area contributed by atoms with Crippen LogP contribution in [0.1, 0.15) is 18.4 Å². The quantitative estimate of drug-likeness (QED) is 0.436. The number of aryl methyl sites for hydroxylation is 1. The lowest BCUT2D eigenvalue weighted by Crippen LogP contribution is -2.34. The number of halogens is 2. The van der Waals surface area contributed by atoms with E-state index >= 15 is 0 Å². The molecule has 2 aromatic rings. The maximum absolute atomic E-state index is 12.8. The lowest BCUT2D eigenvalue weighted by Gasteiger charge is -2.29. The van der Waals surface area contributed by atoms with Crippen molar-refractivity contribution in [3.8, 4) is 11.5 Å². The number of fused-ring (bicyclic) bond motifs is 1. The Kier molecular flexibility index (Phi) is 5.12. The summed E-state index contributed by atoms with van der Waals surface area (Å²) >= 11 is 7.23. The van der Waals surface area contributed by atoms with Gasteiger partial charge in [0.25, 0.3) is 0 Å². The number of anilines is 1. The van der Waals surface area contributed by atoms with E-state index in [-0.39, 0.29) is 33.3 Å². The Balaban J connectivity index is 1.52. The van der Waals surface area contributed by atoms with Crippen LogP contribution in [0.25, 0.3) is 0 Å². The molecule has 0 bridgehead atoms. The molecule has 2 aromatic carbocycles. The molecule has 4 nitrogen and oxygen atoms in total. The molecule has 1 aliphatic carbocycles. The predicted molar refractivity (Wildman–Crippen MR) is 112 cm³/mol. The Hall–Kier alpha value is -1.66. The van der Waals surface area contributed by atoms with Crippen LogP contribution in [-0.2, 0) is 9.59 Å². The molecule has 0 N–H and O–H groups in total.